The topological polar surface area (TPSA) is 70.0 Å². The van der Waals surface area contributed by atoms with Crippen LogP contribution in [0, 0.1) is 5.82 Å². The highest BCUT2D eigenvalue weighted by Crippen LogP contribution is 2.40. The summed E-state index contributed by atoms with van der Waals surface area (Å²) in [6, 6.07) is 23.2. The van der Waals surface area contributed by atoms with Crippen molar-refractivity contribution in [2.24, 2.45) is 0 Å². The Morgan fingerprint density at radius 3 is 2.14 bits per heavy atom. The molecule has 0 aliphatic carbocycles. The zero-order valence-corrected chi connectivity index (χ0v) is 20.2. The molecule has 5 nitrogen and oxygen atoms in total. The lowest BCUT2D eigenvalue weighted by atomic mass is 9.69. The SMILES string of the molecule is CC(C)(CCC(C(=O)O)(c1ccccc1)c1ccccc1)N1CC[C@H](Oc2cccc(O)c2F)C1. The van der Waals surface area contributed by atoms with Gasteiger partial charge in [-0.2, -0.15) is 4.39 Å². The molecule has 1 atom stereocenters. The molecule has 1 fully saturated rings. The second-order valence-corrected chi connectivity index (χ2v) is 9.82. The molecule has 1 aliphatic rings. The molecule has 0 saturated carbocycles. The Morgan fingerprint density at radius 1 is 0.971 bits per heavy atom. The Kier molecular flexibility index (Phi) is 7.13. The maximum absolute atomic E-state index is 14.2. The first-order valence-corrected chi connectivity index (χ1v) is 12.0. The summed E-state index contributed by atoms with van der Waals surface area (Å²) in [6.45, 7) is 5.59. The molecule has 3 aromatic rings. The molecule has 3 aromatic carbocycles. The molecule has 35 heavy (non-hydrogen) atoms. The minimum absolute atomic E-state index is 0.0488. The lowest BCUT2D eigenvalue weighted by Gasteiger charge is -2.39. The fourth-order valence-electron chi connectivity index (χ4n) is 5.05. The molecule has 0 amide bonds. The average Bonchev–Trinajstić information content (AvgIpc) is 3.33. The summed E-state index contributed by atoms with van der Waals surface area (Å²) in [4.78, 5) is 15.2. The van der Waals surface area contributed by atoms with Crippen molar-refractivity contribution < 1.29 is 24.1 Å². The molecule has 0 spiro atoms. The van der Waals surface area contributed by atoms with Crippen LogP contribution in [0.5, 0.6) is 11.5 Å². The number of phenolic OH excluding ortho intramolecular Hbond substituents is 1. The predicted molar refractivity (Wildman–Crippen MR) is 133 cm³/mol. The highest BCUT2D eigenvalue weighted by Gasteiger charge is 2.44. The Balaban J connectivity index is 1.53. The average molecular weight is 478 g/mol. The number of halogens is 1. The minimum Gasteiger partial charge on any atom is -0.505 e. The Bertz CT molecular complexity index is 1110. The normalized spacial score (nSPS) is 16.8. The zero-order chi connectivity index (χ0) is 25.1. The monoisotopic (exact) mass is 477 g/mol. The van der Waals surface area contributed by atoms with E-state index in [1.165, 1.54) is 12.1 Å². The first kappa shape index (κ1) is 24.7. The summed E-state index contributed by atoms with van der Waals surface area (Å²) in [5.74, 6) is -1.99. The number of carbonyl (C=O) groups is 1. The van der Waals surface area contributed by atoms with Crippen molar-refractivity contribution in [3.05, 3.63) is 95.8 Å². The molecule has 184 valence electrons. The number of likely N-dealkylation sites (tertiary alicyclic amines) is 1. The number of aromatic hydroxyl groups is 1. The van der Waals surface area contributed by atoms with Gasteiger partial charge in [0.05, 0.1) is 0 Å². The quantitative estimate of drug-likeness (QED) is 0.419. The fourth-order valence-corrected chi connectivity index (χ4v) is 5.05. The number of phenols is 1. The standard InChI is InChI=1S/C29H32FNO4/c1-28(2,31-19-16-23(20-31)35-25-15-9-14-24(32)26(25)30)17-18-29(27(33)34,21-10-5-3-6-11-21)22-12-7-4-8-13-22/h3-15,23,32H,16-20H2,1-2H3,(H,33,34)/t23-/m0/s1. The van der Waals surface area contributed by atoms with Crippen LogP contribution in [-0.4, -0.2) is 45.8 Å². The molecule has 6 heteroatoms. The van der Waals surface area contributed by atoms with E-state index in [1.54, 1.807) is 6.07 Å². The smallest absolute Gasteiger partial charge is 0.318 e. The Labute approximate surface area is 205 Å². The number of rotatable bonds is 9. The van der Waals surface area contributed by atoms with E-state index in [2.05, 4.69) is 18.7 Å². The first-order chi connectivity index (χ1) is 16.7. The highest BCUT2D eigenvalue weighted by atomic mass is 19.1. The van der Waals surface area contributed by atoms with E-state index in [1.807, 2.05) is 60.7 Å². The molecule has 0 bridgehead atoms. The van der Waals surface area contributed by atoms with Gasteiger partial charge >= 0.3 is 5.97 Å². The Morgan fingerprint density at radius 2 is 1.57 bits per heavy atom. The summed E-state index contributed by atoms with van der Waals surface area (Å²) in [5.41, 5.74) is 0.0489. The molecular formula is C29H32FNO4. The Hall–Kier alpha value is -3.38. The van der Waals surface area contributed by atoms with Crippen LogP contribution in [0.2, 0.25) is 0 Å². The van der Waals surface area contributed by atoms with Crippen LogP contribution in [0.25, 0.3) is 0 Å². The van der Waals surface area contributed by atoms with Gasteiger partial charge in [-0.05, 0) is 56.4 Å². The van der Waals surface area contributed by atoms with E-state index >= 15 is 0 Å². The van der Waals surface area contributed by atoms with Crippen molar-refractivity contribution in [3.63, 3.8) is 0 Å². The zero-order valence-electron chi connectivity index (χ0n) is 20.2. The number of hydrogen-bond donors (Lipinski definition) is 2. The largest absolute Gasteiger partial charge is 0.505 e. The van der Waals surface area contributed by atoms with E-state index in [-0.39, 0.29) is 17.4 Å². The maximum Gasteiger partial charge on any atom is 0.318 e. The lowest BCUT2D eigenvalue weighted by Crippen LogP contribution is -2.46. The van der Waals surface area contributed by atoms with Crippen LogP contribution in [0.3, 0.4) is 0 Å². The summed E-state index contributed by atoms with van der Waals surface area (Å²) in [7, 11) is 0. The molecular weight excluding hydrogens is 445 g/mol. The van der Waals surface area contributed by atoms with Crippen LogP contribution < -0.4 is 4.74 Å². The summed E-state index contributed by atoms with van der Waals surface area (Å²) < 4.78 is 20.1. The minimum atomic E-state index is -1.17. The van der Waals surface area contributed by atoms with E-state index in [9.17, 15) is 19.4 Å². The summed E-state index contributed by atoms with van der Waals surface area (Å²) >= 11 is 0. The number of carboxylic acid groups (broad SMARTS) is 1. The molecule has 2 N–H and O–H groups in total. The van der Waals surface area contributed by atoms with Gasteiger partial charge in [-0.15, -0.1) is 0 Å². The van der Waals surface area contributed by atoms with Gasteiger partial charge in [-0.1, -0.05) is 66.7 Å². The van der Waals surface area contributed by atoms with Crippen molar-refractivity contribution >= 4 is 5.97 Å². The van der Waals surface area contributed by atoms with Crippen LogP contribution in [0.1, 0.15) is 44.2 Å². The molecule has 0 radical (unpaired) electrons. The van der Waals surface area contributed by atoms with Crippen LogP contribution in [-0.2, 0) is 10.2 Å². The summed E-state index contributed by atoms with van der Waals surface area (Å²) in [5, 5.41) is 20.2. The van der Waals surface area contributed by atoms with Crippen LogP contribution in [0.4, 0.5) is 4.39 Å². The molecule has 1 heterocycles. The van der Waals surface area contributed by atoms with Gasteiger partial charge in [0.15, 0.2) is 11.5 Å². The number of aliphatic carboxylic acids is 1. The molecule has 0 unspecified atom stereocenters. The maximum atomic E-state index is 14.2. The van der Waals surface area contributed by atoms with Gasteiger partial charge in [-0.25, -0.2) is 0 Å². The third-order valence-corrected chi connectivity index (χ3v) is 7.25. The lowest BCUT2D eigenvalue weighted by molar-refractivity contribution is -0.142. The summed E-state index contributed by atoms with van der Waals surface area (Å²) in [6.07, 6.45) is 1.57. The fraction of sp³-hybridized carbons (Fsp3) is 0.345. The number of carboxylic acids is 1. The van der Waals surface area contributed by atoms with Gasteiger partial charge in [-0.3, -0.25) is 9.69 Å². The first-order valence-electron chi connectivity index (χ1n) is 12.0. The molecule has 4 rings (SSSR count). The van der Waals surface area contributed by atoms with Crippen LogP contribution in [0.15, 0.2) is 78.9 Å². The van der Waals surface area contributed by atoms with Crippen molar-refractivity contribution in [1.29, 1.82) is 0 Å². The second-order valence-electron chi connectivity index (χ2n) is 9.82. The van der Waals surface area contributed by atoms with Gasteiger partial charge in [0, 0.05) is 18.6 Å². The molecule has 0 aromatic heterocycles. The van der Waals surface area contributed by atoms with Gasteiger partial charge in [0.25, 0.3) is 0 Å². The second kappa shape index (κ2) is 10.1. The number of ether oxygens (including phenoxy) is 1. The number of benzene rings is 3. The van der Waals surface area contributed by atoms with Crippen molar-refractivity contribution in [2.45, 2.75) is 50.2 Å². The van der Waals surface area contributed by atoms with E-state index in [0.717, 1.165) is 24.1 Å². The molecule has 1 saturated heterocycles. The van der Waals surface area contributed by atoms with Gasteiger partial charge < -0.3 is 14.9 Å². The van der Waals surface area contributed by atoms with E-state index in [0.29, 0.717) is 19.4 Å². The number of nitrogens with zero attached hydrogens (tertiary/aromatic N) is 1. The predicted octanol–water partition coefficient (Wildman–Crippen LogP) is 5.61. The van der Waals surface area contributed by atoms with Crippen molar-refractivity contribution in [2.75, 3.05) is 13.1 Å². The van der Waals surface area contributed by atoms with E-state index < -0.39 is 23.0 Å². The third kappa shape index (κ3) is 5.03. The van der Waals surface area contributed by atoms with Crippen molar-refractivity contribution in [3.8, 4) is 11.5 Å². The van der Waals surface area contributed by atoms with Gasteiger partial charge in [0.2, 0.25) is 5.82 Å². The third-order valence-electron chi connectivity index (χ3n) is 7.25. The van der Waals surface area contributed by atoms with Crippen molar-refractivity contribution in [1.82, 2.24) is 4.90 Å². The number of hydrogen-bond acceptors (Lipinski definition) is 4. The molecule has 1 aliphatic heterocycles. The highest BCUT2D eigenvalue weighted by molar-refractivity contribution is 5.86. The van der Waals surface area contributed by atoms with Gasteiger partial charge in [0.1, 0.15) is 11.5 Å². The van der Waals surface area contributed by atoms with E-state index in [4.69, 9.17) is 4.74 Å². The van der Waals surface area contributed by atoms with Crippen LogP contribution >= 0.6 is 0 Å².